The first-order valence-electron chi connectivity index (χ1n) is 21.7. The first-order valence-corrected chi connectivity index (χ1v) is 21.7. The fraction of sp³-hybridized carbons (Fsp3) is 0.0339. The van der Waals surface area contributed by atoms with Gasteiger partial charge in [0.2, 0.25) is 0 Å². The second-order valence-corrected chi connectivity index (χ2v) is 16.4. The fourth-order valence-corrected chi connectivity index (χ4v) is 9.71. The third kappa shape index (κ3) is 6.23. The summed E-state index contributed by atoms with van der Waals surface area (Å²) in [6.45, 7) is 8.08. The molecule has 1 aliphatic carbocycles. The van der Waals surface area contributed by atoms with Crippen molar-refractivity contribution in [2.75, 3.05) is 0 Å². The second kappa shape index (κ2) is 15.4. The molecule has 11 aromatic rings. The highest BCUT2D eigenvalue weighted by molar-refractivity contribution is 6.13. The molecule has 3 aromatic heterocycles. The molecule has 1 atom stereocenters. The largest absolute Gasteiger partial charge is 0.309 e. The molecule has 0 N–H and O–H groups in total. The zero-order valence-corrected chi connectivity index (χ0v) is 34.8. The van der Waals surface area contributed by atoms with Crippen molar-refractivity contribution in [2.24, 2.45) is 0 Å². The Morgan fingerprint density at radius 1 is 0.469 bits per heavy atom. The maximum atomic E-state index is 8.08. The number of para-hydroxylation sites is 2. The van der Waals surface area contributed by atoms with Gasteiger partial charge in [-0.25, -0.2) is 14.8 Å². The van der Waals surface area contributed by atoms with Crippen LogP contribution < -0.4 is 0 Å². The minimum absolute atomic E-state index is 0.0696. The predicted molar refractivity (Wildman–Crippen MR) is 264 cm³/mol. The number of aromatic nitrogens is 4. The van der Waals surface area contributed by atoms with E-state index in [0.29, 0.717) is 11.5 Å². The molecule has 0 saturated carbocycles. The van der Waals surface area contributed by atoms with E-state index in [0.717, 1.165) is 89.8 Å². The molecular formula is C59H39N5. The van der Waals surface area contributed by atoms with Crippen molar-refractivity contribution in [3.05, 3.63) is 235 Å². The molecule has 1 unspecified atom stereocenters. The van der Waals surface area contributed by atoms with Crippen molar-refractivity contribution in [3.8, 4) is 56.4 Å². The lowest BCUT2D eigenvalue weighted by Gasteiger charge is -2.25. The summed E-state index contributed by atoms with van der Waals surface area (Å²) in [4.78, 5) is 14.6. The summed E-state index contributed by atoms with van der Waals surface area (Å²) >= 11 is 0. The van der Waals surface area contributed by atoms with Crippen LogP contribution in [0.1, 0.15) is 17.9 Å². The van der Waals surface area contributed by atoms with E-state index in [-0.39, 0.29) is 5.92 Å². The Morgan fingerprint density at radius 2 is 1.03 bits per heavy atom. The van der Waals surface area contributed by atoms with Gasteiger partial charge in [0, 0.05) is 50.0 Å². The molecule has 3 heterocycles. The van der Waals surface area contributed by atoms with Gasteiger partial charge in [0.1, 0.15) is 0 Å². The van der Waals surface area contributed by atoms with Gasteiger partial charge in [-0.3, -0.25) is 0 Å². The molecule has 8 aromatic carbocycles. The molecule has 0 radical (unpaired) electrons. The van der Waals surface area contributed by atoms with E-state index in [1.165, 1.54) is 16.3 Å². The minimum Gasteiger partial charge on any atom is -0.309 e. The van der Waals surface area contributed by atoms with Gasteiger partial charge >= 0.3 is 0 Å². The van der Waals surface area contributed by atoms with E-state index >= 15 is 0 Å². The van der Waals surface area contributed by atoms with Crippen LogP contribution in [-0.2, 0) is 0 Å². The summed E-state index contributed by atoms with van der Waals surface area (Å²) in [6.07, 6.45) is 9.73. The van der Waals surface area contributed by atoms with Crippen LogP contribution in [-0.4, -0.2) is 19.1 Å². The van der Waals surface area contributed by atoms with Crippen LogP contribution in [0.4, 0.5) is 5.69 Å². The molecule has 0 saturated heterocycles. The maximum Gasteiger partial charge on any atom is 0.188 e. The van der Waals surface area contributed by atoms with Crippen LogP contribution in [0.2, 0.25) is 0 Å². The number of hydrogen-bond donors (Lipinski definition) is 0. The smallest absolute Gasteiger partial charge is 0.188 e. The van der Waals surface area contributed by atoms with E-state index in [4.69, 9.17) is 16.5 Å². The summed E-state index contributed by atoms with van der Waals surface area (Å²) in [5, 5.41) is 4.55. The highest BCUT2D eigenvalue weighted by atomic mass is 15.0. The van der Waals surface area contributed by atoms with Crippen LogP contribution >= 0.6 is 0 Å². The lowest BCUT2D eigenvalue weighted by atomic mass is 9.86. The number of benzene rings is 8. The Morgan fingerprint density at radius 3 is 1.64 bits per heavy atom. The molecule has 0 aliphatic heterocycles. The van der Waals surface area contributed by atoms with Crippen molar-refractivity contribution < 1.29 is 0 Å². The van der Waals surface area contributed by atoms with Crippen LogP contribution in [0.3, 0.4) is 0 Å². The zero-order chi connectivity index (χ0) is 42.6. The SMILES string of the molecule is [C-]#[N+]c1ccc2c(c1)c1cc(-n3c4ccccc4c4ccccc43)ccc1n2-c1c(-c2ccccc2)cc(-c2nc(-c3ccccc3)cc(-c3ccccc3)n2)cc1C1C=CC=CC1. The highest BCUT2D eigenvalue weighted by Crippen LogP contribution is 2.45. The molecule has 5 nitrogen and oxygen atoms in total. The fourth-order valence-electron chi connectivity index (χ4n) is 9.71. The average molecular weight is 818 g/mol. The lowest BCUT2D eigenvalue weighted by molar-refractivity contribution is 0.844. The first-order chi connectivity index (χ1) is 31.7. The molecule has 12 rings (SSSR count). The van der Waals surface area contributed by atoms with E-state index < -0.39 is 0 Å². The summed E-state index contributed by atoms with van der Waals surface area (Å²) in [5.74, 6) is 0.737. The lowest BCUT2D eigenvalue weighted by Crippen LogP contribution is -2.08. The molecule has 0 spiro atoms. The quantitative estimate of drug-likeness (QED) is 0.150. The maximum absolute atomic E-state index is 8.08. The summed E-state index contributed by atoms with van der Waals surface area (Å²) < 4.78 is 4.81. The topological polar surface area (TPSA) is 40.0 Å². The van der Waals surface area contributed by atoms with E-state index in [9.17, 15) is 0 Å². The van der Waals surface area contributed by atoms with Crippen LogP contribution in [0, 0.1) is 6.57 Å². The normalized spacial score (nSPS) is 13.6. The van der Waals surface area contributed by atoms with Crippen LogP contribution in [0.15, 0.2) is 218 Å². The Balaban J connectivity index is 1.16. The van der Waals surface area contributed by atoms with Gasteiger partial charge in [-0.05, 0) is 83.6 Å². The van der Waals surface area contributed by atoms with Crippen molar-refractivity contribution >= 4 is 49.3 Å². The van der Waals surface area contributed by atoms with Gasteiger partial charge < -0.3 is 9.13 Å². The van der Waals surface area contributed by atoms with Crippen molar-refractivity contribution in [1.82, 2.24) is 19.1 Å². The summed E-state index contributed by atoms with van der Waals surface area (Å²) in [5.41, 5.74) is 15.3. The molecule has 64 heavy (non-hydrogen) atoms. The van der Waals surface area contributed by atoms with Gasteiger partial charge in [0.15, 0.2) is 11.5 Å². The standard InChI is InChI=1S/C59H39N5/c1-60-44-30-32-56-50(36-44)51-37-45(63-54-28-16-14-26-46(54)47-27-15-17-29-55(47)63)31-33-57(51)64(56)58-48(39-18-6-2-7-19-39)34-43(35-49(58)40-20-8-3-9-21-40)59-61-52(41-22-10-4-11-23-41)38-53(62-59)42-24-12-5-13-25-42/h2-20,22-38,40H,21H2. The molecule has 0 amide bonds. The molecule has 5 heteroatoms. The molecular weight excluding hydrogens is 779 g/mol. The van der Waals surface area contributed by atoms with Crippen molar-refractivity contribution in [2.45, 2.75) is 12.3 Å². The Bertz CT molecular complexity index is 3590. The monoisotopic (exact) mass is 817 g/mol. The second-order valence-electron chi connectivity index (χ2n) is 16.4. The third-order valence-corrected chi connectivity index (χ3v) is 12.7. The Kier molecular flexibility index (Phi) is 8.95. The number of fused-ring (bicyclic) bond motifs is 6. The molecule has 0 bridgehead atoms. The van der Waals surface area contributed by atoms with Crippen LogP contribution in [0.5, 0.6) is 0 Å². The van der Waals surface area contributed by atoms with E-state index in [1.807, 2.05) is 18.2 Å². The molecule has 300 valence electrons. The van der Waals surface area contributed by atoms with Gasteiger partial charge in [0.25, 0.3) is 0 Å². The third-order valence-electron chi connectivity index (χ3n) is 12.7. The zero-order valence-electron chi connectivity index (χ0n) is 34.8. The molecule has 0 fully saturated rings. The van der Waals surface area contributed by atoms with Crippen LogP contribution in [0.25, 0.3) is 105 Å². The first kappa shape index (κ1) is 37.2. The number of nitrogens with zero attached hydrogens (tertiary/aromatic N) is 5. The predicted octanol–water partition coefficient (Wildman–Crippen LogP) is 15.5. The van der Waals surface area contributed by atoms with Gasteiger partial charge in [-0.2, -0.15) is 0 Å². The highest BCUT2D eigenvalue weighted by Gasteiger charge is 2.26. The van der Waals surface area contributed by atoms with Gasteiger partial charge in [0.05, 0.1) is 45.7 Å². The average Bonchev–Trinajstić information content (AvgIpc) is 3.88. The van der Waals surface area contributed by atoms with Crippen molar-refractivity contribution in [1.29, 1.82) is 0 Å². The van der Waals surface area contributed by atoms with Crippen molar-refractivity contribution in [3.63, 3.8) is 0 Å². The number of allylic oxidation sites excluding steroid dienone is 4. The van der Waals surface area contributed by atoms with Gasteiger partial charge in [-0.15, -0.1) is 0 Å². The number of rotatable bonds is 7. The number of hydrogen-bond acceptors (Lipinski definition) is 2. The minimum atomic E-state index is 0.0696. The summed E-state index contributed by atoms with van der Waals surface area (Å²) in [7, 11) is 0. The molecule has 1 aliphatic rings. The summed E-state index contributed by atoms with van der Waals surface area (Å²) in [6, 6.07) is 68.4. The Hall–Kier alpha value is -8.59. The van der Waals surface area contributed by atoms with Gasteiger partial charge in [-0.1, -0.05) is 158 Å². The Labute approximate surface area is 371 Å². The van der Waals surface area contributed by atoms with E-state index in [2.05, 4.69) is 214 Å². The van der Waals surface area contributed by atoms with E-state index in [1.54, 1.807) is 0 Å².